The number of carbonyl (C=O) groups is 1. The Hall–Kier alpha value is -3.74. The van der Waals surface area contributed by atoms with E-state index < -0.39 is 51.1 Å². The lowest BCUT2D eigenvalue weighted by atomic mass is 9.68. The average Bonchev–Trinajstić information content (AvgIpc) is 3.47. The monoisotopic (exact) mass is 650 g/mol. The average molecular weight is 651 g/mol. The molecule has 2 aromatic heterocycles. The molecular formula is C34H39F2N5O4Si. The number of benzene rings is 2. The molecule has 2 aromatic carbocycles. The Morgan fingerprint density at radius 1 is 1.11 bits per heavy atom. The van der Waals surface area contributed by atoms with Crippen molar-refractivity contribution < 1.29 is 32.0 Å². The molecule has 4 heterocycles. The van der Waals surface area contributed by atoms with Gasteiger partial charge >= 0.3 is 6.61 Å². The normalized spacial score (nSPS) is 27.0. The second-order valence-corrected chi connectivity index (χ2v) is 19.3. The van der Waals surface area contributed by atoms with Gasteiger partial charge in [0.25, 0.3) is 5.91 Å². The van der Waals surface area contributed by atoms with Gasteiger partial charge in [-0.15, -0.1) is 0 Å². The molecule has 1 aliphatic carbocycles. The predicted octanol–water partition coefficient (Wildman–Crippen LogP) is 6.98. The highest BCUT2D eigenvalue weighted by Gasteiger charge is 2.58. The van der Waals surface area contributed by atoms with Crippen molar-refractivity contribution in [2.45, 2.75) is 95.0 Å². The Labute approximate surface area is 271 Å². The van der Waals surface area contributed by atoms with Gasteiger partial charge in [-0.2, -0.15) is 8.78 Å². The molecule has 7 rings (SSSR count). The standard InChI is InChI=1S/C34H39F2N5O4Si/c1-32(2,3)46(6,7)45-34(17-33(4,43)18-34)30-37-15-20(16-38-30)19-11-12-22-23(13-19)41-24-14-25(28(41)39-22)40(5)29(42)21-9-8-10-26(27(21)24)44-31(35)36/h8-13,15-16,24-25,31,43H,14,17-18H2,1-7H3/t24-,25-,33-,34+/m1/s1/i5D3. The van der Waals surface area contributed by atoms with Crippen LogP contribution in [0.2, 0.25) is 18.1 Å². The minimum Gasteiger partial charge on any atom is -0.434 e. The van der Waals surface area contributed by atoms with Crippen LogP contribution in [-0.4, -0.2) is 62.9 Å². The summed E-state index contributed by atoms with van der Waals surface area (Å²) in [5.41, 5.74) is 1.16. The fraction of sp³-hybridized carbons (Fsp3) is 0.471. The molecule has 1 N–H and O–H groups in total. The van der Waals surface area contributed by atoms with Crippen molar-refractivity contribution in [3.63, 3.8) is 0 Å². The highest BCUT2D eigenvalue weighted by atomic mass is 28.4. The van der Waals surface area contributed by atoms with Crippen LogP contribution in [0.5, 0.6) is 5.75 Å². The van der Waals surface area contributed by atoms with Gasteiger partial charge in [0.2, 0.25) is 0 Å². The van der Waals surface area contributed by atoms with Gasteiger partial charge in [-0.1, -0.05) is 32.9 Å². The number of alkyl halides is 2. The van der Waals surface area contributed by atoms with Crippen molar-refractivity contribution in [2.24, 2.45) is 0 Å². The number of hydrogen-bond donors (Lipinski definition) is 1. The van der Waals surface area contributed by atoms with E-state index in [0.29, 0.717) is 41.1 Å². The third-order valence-corrected chi connectivity index (χ3v) is 14.6. The number of fused-ring (bicyclic) bond motifs is 9. The molecule has 12 heteroatoms. The molecule has 2 bridgehead atoms. The third kappa shape index (κ3) is 4.75. The van der Waals surface area contributed by atoms with Crippen LogP contribution in [0.4, 0.5) is 8.78 Å². The van der Waals surface area contributed by atoms with Gasteiger partial charge < -0.3 is 23.7 Å². The summed E-state index contributed by atoms with van der Waals surface area (Å²) in [5, 5.41) is 10.7. The smallest absolute Gasteiger partial charge is 0.387 e. The first-order chi connectivity index (χ1) is 22.7. The highest BCUT2D eigenvalue weighted by Crippen LogP contribution is 2.54. The molecule has 242 valence electrons. The van der Waals surface area contributed by atoms with Gasteiger partial charge in [0.1, 0.15) is 17.2 Å². The molecule has 0 saturated heterocycles. The summed E-state index contributed by atoms with van der Waals surface area (Å²) in [6.07, 6.45) is 4.34. The zero-order valence-electron chi connectivity index (χ0n) is 29.6. The predicted molar refractivity (Wildman–Crippen MR) is 171 cm³/mol. The van der Waals surface area contributed by atoms with Gasteiger partial charge in [0.15, 0.2) is 14.1 Å². The van der Waals surface area contributed by atoms with E-state index in [1.807, 2.05) is 16.7 Å². The van der Waals surface area contributed by atoms with E-state index in [1.54, 1.807) is 25.4 Å². The maximum atomic E-state index is 13.7. The molecule has 4 aromatic rings. The van der Waals surface area contributed by atoms with Gasteiger partial charge in [0.05, 0.1) is 28.7 Å². The molecule has 0 unspecified atom stereocenters. The minimum atomic E-state index is -3.15. The minimum absolute atomic E-state index is 0.00163. The summed E-state index contributed by atoms with van der Waals surface area (Å²) in [4.78, 5) is 28.8. The Morgan fingerprint density at radius 2 is 1.83 bits per heavy atom. The van der Waals surface area contributed by atoms with Crippen LogP contribution < -0.4 is 4.74 Å². The van der Waals surface area contributed by atoms with Crippen LogP contribution >= 0.6 is 0 Å². The Bertz CT molecular complexity index is 1970. The summed E-state index contributed by atoms with van der Waals surface area (Å²) in [5.74, 6) is -0.105. The third-order valence-electron chi connectivity index (χ3n) is 10.1. The number of carbonyl (C=O) groups excluding carboxylic acids is 1. The largest absolute Gasteiger partial charge is 0.434 e. The van der Waals surface area contributed by atoms with Crippen molar-refractivity contribution in [2.75, 3.05) is 6.98 Å². The maximum Gasteiger partial charge on any atom is 0.387 e. The lowest BCUT2D eigenvalue weighted by Crippen LogP contribution is -2.60. The van der Waals surface area contributed by atoms with Gasteiger partial charge in [-0.3, -0.25) is 4.79 Å². The summed E-state index contributed by atoms with van der Waals surface area (Å²) < 4.78 is 65.4. The quantitative estimate of drug-likeness (QED) is 0.225. The molecular weight excluding hydrogens is 608 g/mol. The molecule has 9 nitrogen and oxygen atoms in total. The van der Waals surface area contributed by atoms with Gasteiger partial charge in [-0.25, -0.2) is 15.0 Å². The lowest BCUT2D eigenvalue weighted by Gasteiger charge is -2.55. The molecule has 2 aliphatic heterocycles. The van der Waals surface area contributed by atoms with Crippen molar-refractivity contribution in [1.82, 2.24) is 24.4 Å². The zero-order chi connectivity index (χ0) is 35.5. The highest BCUT2D eigenvalue weighted by molar-refractivity contribution is 6.74. The Balaban J connectivity index is 1.31. The molecule has 1 amide bonds. The number of nitrogens with zero attached hydrogens (tertiary/aromatic N) is 5. The topological polar surface area (TPSA) is 103 Å². The summed E-state index contributed by atoms with van der Waals surface area (Å²) in [6.45, 7) is 6.65. The summed E-state index contributed by atoms with van der Waals surface area (Å²) in [6, 6.07) is 8.14. The van der Waals surface area contributed by atoms with E-state index in [-0.39, 0.29) is 28.3 Å². The first kappa shape index (κ1) is 27.4. The van der Waals surface area contributed by atoms with E-state index in [2.05, 4.69) is 33.9 Å². The number of imidazole rings is 1. The SMILES string of the molecule is [2H]C([2H])([2H])N1C(=O)c2cccc(OC(F)F)c2[C@H]2C[C@@H]1c1nc3ccc(-c4cnc([C@]5(O[Si](C)(C)C(C)(C)C)C[C@@](C)(O)C5)nc4)cc3n12. The second-order valence-electron chi connectivity index (χ2n) is 14.6. The number of amides is 1. The van der Waals surface area contributed by atoms with Crippen LogP contribution in [0.3, 0.4) is 0 Å². The fourth-order valence-electron chi connectivity index (χ4n) is 7.10. The van der Waals surface area contributed by atoms with Crippen LogP contribution in [-0.2, 0) is 10.0 Å². The van der Waals surface area contributed by atoms with Crippen LogP contribution in [0.1, 0.15) is 90.7 Å². The number of aliphatic hydroxyl groups is 1. The Morgan fingerprint density at radius 3 is 2.46 bits per heavy atom. The van der Waals surface area contributed by atoms with Crippen molar-refractivity contribution in [1.29, 1.82) is 0 Å². The van der Waals surface area contributed by atoms with E-state index in [9.17, 15) is 18.7 Å². The maximum absolute atomic E-state index is 13.7. The molecule has 0 radical (unpaired) electrons. The molecule has 1 saturated carbocycles. The van der Waals surface area contributed by atoms with E-state index in [1.165, 1.54) is 18.2 Å². The number of hydrogen-bond acceptors (Lipinski definition) is 7. The van der Waals surface area contributed by atoms with Crippen molar-refractivity contribution >= 4 is 25.3 Å². The second kappa shape index (κ2) is 10.1. The number of aromatic nitrogens is 4. The Kier molecular flexibility index (Phi) is 6.03. The number of ether oxygens (including phenoxy) is 1. The van der Waals surface area contributed by atoms with Gasteiger partial charge in [0, 0.05) is 59.4 Å². The van der Waals surface area contributed by atoms with Crippen LogP contribution in [0, 0.1) is 0 Å². The van der Waals surface area contributed by atoms with Gasteiger partial charge in [-0.05, 0) is 54.9 Å². The first-order valence-corrected chi connectivity index (χ1v) is 18.3. The van der Waals surface area contributed by atoms with E-state index in [4.69, 9.17) is 28.2 Å². The van der Waals surface area contributed by atoms with Crippen LogP contribution in [0.25, 0.3) is 22.2 Å². The number of halogens is 2. The molecule has 1 fully saturated rings. The van der Waals surface area contributed by atoms with E-state index >= 15 is 0 Å². The lowest BCUT2D eigenvalue weighted by molar-refractivity contribution is -0.171. The molecule has 0 spiro atoms. The number of rotatable bonds is 6. The zero-order valence-corrected chi connectivity index (χ0v) is 27.6. The first-order valence-electron chi connectivity index (χ1n) is 16.9. The molecule has 3 aliphatic rings. The summed E-state index contributed by atoms with van der Waals surface area (Å²) in [7, 11) is -2.25. The van der Waals surface area contributed by atoms with Crippen LogP contribution in [0.15, 0.2) is 48.8 Å². The fourth-order valence-corrected chi connectivity index (χ4v) is 8.62. The molecule has 2 atom stereocenters. The summed E-state index contributed by atoms with van der Waals surface area (Å²) >= 11 is 0. The molecule has 46 heavy (non-hydrogen) atoms. The van der Waals surface area contributed by atoms with E-state index in [0.717, 1.165) is 10.5 Å². The van der Waals surface area contributed by atoms with Crippen molar-refractivity contribution in [3.8, 4) is 16.9 Å². The van der Waals surface area contributed by atoms with Crippen molar-refractivity contribution in [3.05, 3.63) is 71.6 Å².